The van der Waals surface area contributed by atoms with Crippen molar-refractivity contribution in [1.29, 1.82) is 0 Å². The molecule has 0 unspecified atom stereocenters. The Kier molecular flexibility index (Phi) is 4.07. The number of aryl methyl sites for hydroxylation is 1. The van der Waals surface area contributed by atoms with Gasteiger partial charge < -0.3 is 4.57 Å². The third-order valence-corrected chi connectivity index (χ3v) is 4.02. The van der Waals surface area contributed by atoms with Crippen molar-refractivity contribution < 1.29 is 8.42 Å². The first-order chi connectivity index (χ1) is 8.90. The number of nitrogens with zero attached hydrogens (tertiary/aromatic N) is 2. The maximum atomic E-state index is 11.3. The molecule has 0 saturated heterocycles. The quantitative estimate of drug-likeness (QED) is 0.920. The molecule has 0 spiro atoms. The lowest BCUT2D eigenvalue weighted by Crippen LogP contribution is -2.12. The van der Waals surface area contributed by atoms with Crippen molar-refractivity contribution in [3.05, 3.63) is 46.3 Å². The second kappa shape index (κ2) is 5.44. The summed E-state index contributed by atoms with van der Waals surface area (Å²) in [6.45, 7) is 2.49. The zero-order chi connectivity index (χ0) is 14.0. The van der Waals surface area contributed by atoms with E-state index < -0.39 is 10.0 Å². The Bertz CT molecular complexity index is 678. The van der Waals surface area contributed by atoms with Crippen molar-refractivity contribution >= 4 is 26.0 Å². The first-order valence-corrected chi connectivity index (χ1v) is 8.07. The largest absolute Gasteiger partial charge is 0.329 e. The molecule has 0 amide bonds. The van der Waals surface area contributed by atoms with E-state index in [1.807, 2.05) is 35.8 Å². The van der Waals surface area contributed by atoms with Gasteiger partial charge in [-0.15, -0.1) is 0 Å². The Balaban J connectivity index is 2.34. The van der Waals surface area contributed by atoms with Crippen LogP contribution in [0.2, 0.25) is 0 Å². The molecule has 0 atom stereocenters. The van der Waals surface area contributed by atoms with Gasteiger partial charge in [0.1, 0.15) is 5.82 Å². The van der Waals surface area contributed by atoms with Crippen LogP contribution in [0.4, 0.5) is 0 Å². The number of hydrogen-bond donors (Lipinski definition) is 1. The summed E-state index contributed by atoms with van der Waals surface area (Å²) >= 11 is 3.37. The lowest BCUT2D eigenvalue weighted by Gasteiger charge is -2.06. The van der Waals surface area contributed by atoms with Gasteiger partial charge in [0.05, 0.1) is 0 Å². The van der Waals surface area contributed by atoms with E-state index in [0.29, 0.717) is 18.8 Å². The van der Waals surface area contributed by atoms with Gasteiger partial charge in [0.25, 0.3) is 10.0 Å². The number of nitrogens with two attached hydrogens (primary N) is 1. The number of imidazole rings is 1. The monoisotopic (exact) mass is 343 g/mol. The second-order valence-corrected chi connectivity index (χ2v) is 6.57. The average molecular weight is 344 g/mol. The molecule has 19 heavy (non-hydrogen) atoms. The van der Waals surface area contributed by atoms with Crippen molar-refractivity contribution in [3.8, 4) is 0 Å². The fourth-order valence-electron chi connectivity index (χ4n) is 1.77. The summed E-state index contributed by atoms with van der Waals surface area (Å²) in [5, 5.41) is 5.02. The molecule has 0 fully saturated rings. The molecule has 2 rings (SSSR count). The SMILES string of the molecule is CCc1nc(S(N)(=O)=O)cn1Cc1ccc(Br)cc1. The minimum Gasteiger partial charge on any atom is -0.329 e. The van der Waals surface area contributed by atoms with Gasteiger partial charge in [0.15, 0.2) is 5.03 Å². The number of halogens is 1. The van der Waals surface area contributed by atoms with Gasteiger partial charge in [0.2, 0.25) is 0 Å². The average Bonchev–Trinajstić information content (AvgIpc) is 2.75. The number of rotatable bonds is 4. The molecule has 1 aromatic heterocycles. The van der Waals surface area contributed by atoms with Crippen molar-refractivity contribution in [2.45, 2.75) is 24.9 Å². The molecule has 0 aliphatic carbocycles. The van der Waals surface area contributed by atoms with Gasteiger partial charge in [-0.2, -0.15) is 0 Å². The highest BCUT2D eigenvalue weighted by atomic mass is 79.9. The van der Waals surface area contributed by atoms with Crippen molar-refractivity contribution in [3.63, 3.8) is 0 Å². The van der Waals surface area contributed by atoms with Gasteiger partial charge >= 0.3 is 0 Å². The summed E-state index contributed by atoms with van der Waals surface area (Å²) in [7, 11) is -3.75. The molecule has 2 N–H and O–H groups in total. The lowest BCUT2D eigenvalue weighted by molar-refractivity contribution is 0.594. The van der Waals surface area contributed by atoms with E-state index in [9.17, 15) is 8.42 Å². The van der Waals surface area contributed by atoms with Crippen LogP contribution in [0.1, 0.15) is 18.3 Å². The van der Waals surface area contributed by atoms with Crippen LogP contribution in [0.15, 0.2) is 40.0 Å². The number of hydrogen-bond acceptors (Lipinski definition) is 3. The summed E-state index contributed by atoms with van der Waals surface area (Å²) in [4.78, 5) is 4.05. The summed E-state index contributed by atoms with van der Waals surface area (Å²) in [5.74, 6) is 0.701. The van der Waals surface area contributed by atoms with E-state index in [0.717, 1.165) is 10.0 Å². The van der Waals surface area contributed by atoms with Crippen LogP contribution in [0.25, 0.3) is 0 Å². The van der Waals surface area contributed by atoms with Gasteiger partial charge in [-0.1, -0.05) is 35.0 Å². The van der Waals surface area contributed by atoms with Crippen LogP contribution in [0.5, 0.6) is 0 Å². The predicted octanol–water partition coefficient (Wildman–Crippen LogP) is 1.90. The van der Waals surface area contributed by atoms with Gasteiger partial charge in [0, 0.05) is 23.6 Å². The molecule has 0 radical (unpaired) electrons. The third-order valence-electron chi connectivity index (χ3n) is 2.71. The first kappa shape index (κ1) is 14.2. The topological polar surface area (TPSA) is 78.0 Å². The third kappa shape index (κ3) is 3.43. The van der Waals surface area contributed by atoms with Gasteiger partial charge in [-0.05, 0) is 17.7 Å². The van der Waals surface area contributed by atoms with E-state index in [-0.39, 0.29) is 5.03 Å². The molecule has 7 heteroatoms. The van der Waals surface area contributed by atoms with Gasteiger partial charge in [-0.25, -0.2) is 18.5 Å². The lowest BCUT2D eigenvalue weighted by atomic mass is 10.2. The zero-order valence-electron chi connectivity index (χ0n) is 10.4. The number of benzene rings is 1. The Morgan fingerprint density at radius 1 is 1.32 bits per heavy atom. The first-order valence-electron chi connectivity index (χ1n) is 5.73. The zero-order valence-corrected chi connectivity index (χ0v) is 12.8. The number of aromatic nitrogens is 2. The van der Waals surface area contributed by atoms with E-state index in [2.05, 4.69) is 20.9 Å². The molecule has 2 aromatic rings. The Hall–Kier alpha value is -1.18. The van der Waals surface area contributed by atoms with Crippen LogP contribution in [0.3, 0.4) is 0 Å². The number of primary sulfonamides is 1. The Morgan fingerprint density at radius 3 is 2.47 bits per heavy atom. The summed E-state index contributed by atoms with van der Waals surface area (Å²) in [6.07, 6.45) is 2.13. The summed E-state index contributed by atoms with van der Waals surface area (Å²) in [5.41, 5.74) is 1.07. The fraction of sp³-hybridized carbons (Fsp3) is 0.250. The highest BCUT2D eigenvalue weighted by molar-refractivity contribution is 9.10. The van der Waals surface area contributed by atoms with Gasteiger partial charge in [-0.3, -0.25) is 0 Å². The molecule has 1 aromatic carbocycles. The van der Waals surface area contributed by atoms with E-state index in [1.165, 1.54) is 6.20 Å². The standard InChI is InChI=1S/C12H14BrN3O2S/c1-2-11-15-12(19(14,17)18)8-16(11)7-9-3-5-10(13)6-4-9/h3-6,8H,2,7H2,1H3,(H2,14,17,18). The van der Waals surface area contributed by atoms with Crippen LogP contribution in [-0.4, -0.2) is 18.0 Å². The molecular formula is C12H14BrN3O2S. The molecule has 1 heterocycles. The highest BCUT2D eigenvalue weighted by Crippen LogP contribution is 2.14. The highest BCUT2D eigenvalue weighted by Gasteiger charge is 2.15. The second-order valence-electron chi connectivity index (χ2n) is 4.15. The van der Waals surface area contributed by atoms with Crippen molar-refractivity contribution in [2.75, 3.05) is 0 Å². The molecule has 0 aliphatic heterocycles. The molecule has 0 aliphatic rings. The molecule has 102 valence electrons. The summed E-state index contributed by atoms with van der Waals surface area (Å²) < 4.78 is 25.4. The fourth-order valence-corrected chi connectivity index (χ4v) is 2.54. The van der Waals surface area contributed by atoms with Crippen molar-refractivity contribution in [2.24, 2.45) is 5.14 Å². The Labute approximate surface area is 120 Å². The van der Waals surface area contributed by atoms with E-state index >= 15 is 0 Å². The van der Waals surface area contributed by atoms with Crippen LogP contribution in [-0.2, 0) is 23.0 Å². The van der Waals surface area contributed by atoms with Crippen molar-refractivity contribution in [1.82, 2.24) is 9.55 Å². The predicted molar refractivity (Wildman–Crippen MR) is 76.2 cm³/mol. The molecule has 0 bridgehead atoms. The van der Waals surface area contributed by atoms with Crippen LogP contribution >= 0.6 is 15.9 Å². The number of sulfonamides is 1. The molecule has 5 nitrogen and oxygen atoms in total. The maximum absolute atomic E-state index is 11.3. The van der Waals surface area contributed by atoms with E-state index in [1.54, 1.807) is 0 Å². The van der Waals surface area contributed by atoms with E-state index in [4.69, 9.17) is 5.14 Å². The summed E-state index contributed by atoms with van der Waals surface area (Å²) in [6, 6.07) is 7.83. The smallest absolute Gasteiger partial charge is 0.257 e. The molecular weight excluding hydrogens is 330 g/mol. The maximum Gasteiger partial charge on any atom is 0.257 e. The van der Waals surface area contributed by atoms with Crippen LogP contribution in [0, 0.1) is 0 Å². The normalized spacial score (nSPS) is 11.7. The minimum atomic E-state index is -3.75. The van der Waals surface area contributed by atoms with Crippen LogP contribution < -0.4 is 5.14 Å². The minimum absolute atomic E-state index is 0.0820. The molecule has 0 saturated carbocycles. The Morgan fingerprint density at radius 2 is 1.95 bits per heavy atom.